The second-order valence-corrected chi connectivity index (χ2v) is 3.69. The van der Waals surface area contributed by atoms with E-state index in [-0.39, 0.29) is 52.0 Å². The van der Waals surface area contributed by atoms with Crippen LogP contribution in [-0.2, 0) is 44.0 Å². The molecule has 0 saturated heterocycles. The van der Waals surface area contributed by atoms with E-state index in [2.05, 4.69) is 13.0 Å². The summed E-state index contributed by atoms with van der Waals surface area (Å²) < 4.78 is 0. The van der Waals surface area contributed by atoms with E-state index in [9.17, 15) is 4.79 Å². The first-order valence-electron chi connectivity index (χ1n) is 4.67. The molecule has 2 nitrogen and oxygen atoms in total. The van der Waals surface area contributed by atoms with Crippen molar-refractivity contribution in [1.82, 2.24) is 4.90 Å². The second-order valence-electron chi connectivity index (χ2n) is 3.69. The number of carbonyl (C=O) groups excluding carboxylic acids is 1. The maximum absolute atomic E-state index is 11.2. The van der Waals surface area contributed by atoms with Gasteiger partial charge >= 0.3 is 0 Å². The molecule has 0 fully saturated rings. The molecule has 1 heterocycles. The van der Waals surface area contributed by atoms with Crippen molar-refractivity contribution in [3.63, 3.8) is 0 Å². The molecule has 4 heteroatoms. The third kappa shape index (κ3) is 3.59. The van der Waals surface area contributed by atoms with Crippen LogP contribution in [0.5, 0.6) is 0 Å². The van der Waals surface area contributed by atoms with Gasteiger partial charge in [-0.2, -0.15) is 18.1 Å². The average molecular weight is 558 g/mol. The number of fused-ring (bicyclic) bond motifs is 1. The van der Waals surface area contributed by atoms with Crippen molar-refractivity contribution in [1.29, 1.82) is 0 Å². The zero-order valence-corrected chi connectivity index (χ0v) is 19.8. The van der Waals surface area contributed by atoms with Crippen LogP contribution >= 0.6 is 0 Å². The second kappa shape index (κ2) is 7.10. The molecule has 1 aliphatic heterocycles. The Morgan fingerprint density at radius 1 is 1.47 bits per heavy atom. The summed E-state index contributed by atoms with van der Waals surface area (Å²) in [7, 11) is 1.94. The van der Waals surface area contributed by atoms with Crippen molar-refractivity contribution in [2.45, 2.75) is 12.6 Å². The number of benzene rings is 1. The third-order valence-corrected chi connectivity index (χ3v) is 2.62. The molecule has 0 amide bonds. The van der Waals surface area contributed by atoms with Gasteiger partial charge in [-0.1, -0.05) is 6.07 Å². The summed E-state index contributed by atoms with van der Waals surface area (Å²) in [5, 5.41) is 0. The van der Waals surface area contributed by atoms with E-state index < -0.39 is 0 Å². The van der Waals surface area contributed by atoms with Crippen molar-refractivity contribution in [3.8, 4) is 0 Å². The van der Waals surface area contributed by atoms with Crippen LogP contribution in [0.1, 0.15) is 11.1 Å². The Labute approximate surface area is 123 Å². The zero-order chi connectivity index (χ0) is 10.1. The van der Waals surface area contributed by atoms with Gasteiger partial charge in [0.15, 0.2) is 0 Å². The number of carbonyl (C=O) groups is 1. The number of likely N-dealkylation sites (N-methyl/N-ethyl adjacent to an activating group) is 1. The van der Waals surface area contributed by atoms with Gasteiger partial charge in [0.25, 0.3) is 0 Å². The topological polar surface area (TPSA) is 20.3 Å². The molecule has 0 N–H and O–H groups in total. The standard InChI is InChI=1S/C12H13NO.CH3.Rf.Y/c1-9(14)12-7-10-5-3-4-6-11(10)8-13(12)2;;;/h3-7,12H,1,8H2,2H3;1H3;;/q-2;-1;;. The average Bonchev–Trinajstić information content (AvgIpc) is 2.16. The monoisotopic (exact) mass is 558 g/mol. The van der Waals surface area contributed by atoms with E-state index in [1.54, 1.807) is 0 Å². The van der Waals surface area contributed by atoms with Gasteiger partial charge < -0.3 is 24.0 Å². The first-order chi connectivity index (χ1) is 6.68. The minimum Gasteiger partial charge on any atom is -0.358 e. The maximum atomic E-state index is 11.2. The molecule has 1 unspecified atom stereocenters. The number of ketones is 1. The molecule has 1 aromatic rings. The molecule has 0 aliphatic carbocycles. The predicted octanol–water partition coefficient (Wildman–Crippen LogP) is 1.90. The summed E-state index contributed by atoms with van der Waals surface area (Å²) in [5.41, 5.74) is 2.43. The van der Waals surface area contributed by atoms with Gasteiger partial charge in [0, 0.05) is 44.5 Å². The smallest absolute Gasteiger partial charge is 0.0130 e. The molecule has 1 aromatic carbocycles. The minimum absolute atomic E-state index is 0. The Morgan fingerprint density at radius 2 is 2.06 bits per heavy atom. The summed E-state index contributed by atoms with van der Waals surface area (Å²) in [4.78, 5) is 13.2. The number of nitrogens with zero attached hydrogens (tertiary/aromatic N) is 1. The van der Waals surface area contributed by atoms with Crippen molar-refractivity contribution >= 4 is 5.78 Å². The molecule has 1 radical (unpaired) electrons. The Balaban J connectivity index is 0. The number of rotatable bonds is 1. The third-order valence-electron chi connectivity index (χ3n) is 2.62. The van der Waals surface area contributed by atoms with E-state index >= 15 is 0 Å². The van der Waals surface area contributed by atoms with Gasteiger partial charge in [-0.3, -0.25) is 0 Å². The summed E-state index contributed by atoms with van der Waals surface area (Å²) in [6.07, 6.45) is 1.98. The Hall–Kier alpha value is -1.31. The number of Topliss-reactive ketones (excluding diaryl/α,β-unsaturated/α-hetero) is 1. The molecule has 0 bridgehead atoms. The molecule has 17 heavy (non-hydrogen) atoms. The molecular weight excluding hydrogens is 542 g/mol. The molecule has 2 rings (SSSR count). The van der Waals surface area contributed by atoms with Gasteiger partial charge in [0.05, 0.1) is 0 Å². The largest absolute Gasteiger partial charge is 0.358 e. The quantitative estimate of drug-likeness (QED) is 0.492. The van der Waals surface area contributed by atoms with Crippen molar-refractivity contribution in [2.24, 2.45) is 0 Å². The van der Waals surface area contributed by atoms with Crippen molar-refractivity contribution in [3.05, 3.63) is 56.2 Å². The summed E-state index contributed by atoms with van der Waals surface area (Å²) >= 11 is 0. The number of hydrogen-bond donors (Lipinski definition) is 0. The summed E-state index contributed by atoms with van der Waals surface area (Å²) in [6, 6.07) is 7.98. The van der Waals surface area contributed by atoms with Crippen LogP contribution in [0.15, 0.2) is 24.3 Å². The van der Waals surface area contributed by atoms with Gasteiger partial charge in [0.1, 0.15) is 0 Å². The van der Waals surface area contributed by atoms with Crippen molar-refractivity contribution < 1.29 is 37.5 Å². The van der Waals surface area contributed by atoms with Gasteiger partial charge in [-0.25, -0.2) is 0 Å². The number of hydrogen-bond acceptors (Lipinski definition) is 2. The van der Waals surface area contributed by atoms with Gasteiger partial charge in [-0.15, -0.1) is 17.7 Å². The first-order valence-corrected chi connectivity index (χ1v) is 4.67. The molecule has 0 aromatic heterocycles. The van der Waals surface area contributed by atoms with E-state index in [1.807, 2.05) is 36.6 Å². The fourth-order valence-corrected chi connectivity index (χ4v) is 1.84. The van der Waals surface area contributed by atoms with E-state index in [0.29, 0.717) is 0 Å². The van der Waals surface area contributed by atoms with E-state index in [0.717, 1.165) is 12.1 Å². The normalized spacial score (nSPS) is 17.4. The zero-order valence-electron chi connectivity index (χ0n) is 10.5. The van der Waals surface area contributed by atoms with E-state index in [4.69, 9.17) is 0 Å². The van der Waals surface area contributed by atoms with Crippen LogP contribution in [0.4, 0.5) is 0 Å². The van der Waals surface area contributed by atoms with E-state index in [1.165, 1.54) is 5.56 Å². The molecule has 1 aliphatic rings. The SMILES string of the molecule is [CH2-]C(=O)C1[CH-]c2ccccc2CN1C.[CH3-].[Rf].[Y]. The molecular formula is C13H16NORfY-3. The minimum atomic E-state index is -0.162. The van der Waals surface area contributed by atoms with Crippen LogP contribution < -0.4 is 0 Å². The van der Waals surface area contributed by atoms with Gasteiger partial charge in [0.2, 0.25) is 0 Å². The molecule has 87 valence electrons. The van der Waals surface area contributed by atoms with Gasteiger partial charge in [-0.05, 0) is 13.6 Å². The molecule has 0 saturated carbocycles. The Kier molecular flexibility index (Phi) is 7.55. The maximum Gasteiger partial charge on any atom is 0.0130 e. The van der Waals surface area contributed by atoms with Crippen LogP contribution in [0, 0.1) is 20.8 Å². The predicted molar refractivity (Wildman–Crippen MR) is 61.9 cm³/mol. The van der Waals surface area contributed by atoms with Crippen LogP contribution in [0.3, 0.4) is 0 Å². The fourth-order valence-electron chi connectivity index (χ4n) is 1.84. The van der Waals surface area contributed by atoms with Crippen LogP contribution in [-0.4, -0.2) is 23.8 Å². The van der Waals surface area contributed by atoms with Crippen LogP contribution in [0.2, 0.25) is 0 Å². The van der Waals surface area contributed by atoms with Crippen LogP contribution in [0.25, 0.3) is 0 Å². The van der Waals surface area contributed by atoms with Crippen molar-refractivity contribution in [2.75, 3.05) is 7.05 Å². The molecule has 1 atom stereocenters. The Bertz CT molecular complexity index is 370. The summed E-state index contributed by atoms with van der Waals surface area (Å²) in [5.74, 6) is -0.0398. The Morgan fingerprint density at radius 3 is 2.65 bits per heavy atom. The first kappa shape index (κ1) is 18.1. The molecule has 0 spiro atoms. The summed E-state index contributed by atoms with van der Waals surface area (Å²) in [6.45, 7) is 4.29. The fraction of sp³-hybridized carbons (Fsp3) is 0.231.